The van der Waals surface area contributed by atoms with E-state index in [1.54, 1.807) is 31.2 Å². The SMILES string of the molecule is CON=C(C(=O)OC)c1ccccc1OCN=C(C)c1cccc(C(F)(F)F)c1. The van der Waals surface area contributed by atoms with Crippen LogP contribution >= 0.6 is 0 Å². The van der Waals surface area contributed by atoms with Gasteiger partial charge in [0.1, 0.15) is 12.9 Å². The van der Waals surface area contributed by atoms with Gasteiger partial charge in [0, 0.05) is 5.71 Å². The number of hydrogen-bond donors (Lipinski definition) is 0. The van der Waals surface area contributed by atoms with Crippen molar-refractivity contribution in [2.75, 3.05) is 21.0 Å². The Labute approximate surface area is 165 Å². The van der Waals surface area contributed by atoms with Crippen LogP contribution in [0.25, 0.3) is 0 Å². The molecule has 0 spiro atoms. The average molecular weight is 408 g/mol. The lowest BCUT2D eigenvalue weighted by atomic mass is 10.1. The van der Waals surface area contributed by atoms with Gasteiger partial charge in [-0.05, 0) is 36.8 Å². The maximum absolute atomic E-state index is 12.9. The van der Waals surface area contributed by atoms with Crippen LogP contribution in [0.4, 0.5) is 13.2 Å². The minimum atomic E-state index is -4.43. The van der Waals surface area contributed by atoms with Crippen molar-refractivity contribution in [3.63, 3.8) is 0 Å². The van der Waals surface area contributed by atoms with E-state index in [0.29, 0.717) is 16.8 Å². The van der Waals surface area contributed by atoms with E-state index in [1.807, 2.05) is 0 Å². The minimum Gasteiger partial charge on any atom is -0.471 e. The number of nitrogens with zero attached hydrogens (tertiary/aromatic N) is 2. The van der Waals surface area contributed by atoms with E-state index in [1.165, 1.54) is 26.4 Å². The second-order valence-electron chi connectivity index (χ2n) is 5.71. The fourth-order valence-electron chi connectivity index (χ4n) is 2.38. The van der Waals surface area contributed by atoms with E-state index in [2.05, 4.69) is 19.7 Å². The molecule has 154 valence electrons. The summed E-state index contributed by atoms with van der Waals surface area (Å²) in [4.78, 5) is 20.8. The maximum Gasteiger partial charge on any atom is 0.416 e. The van der Waals surface area contributed by atoms with Gasteiger partial charge in [0.15, 0.2) is 12.4 Å². The summed E-state index contributed by atoms with van der Waals surface area (Å²) in [6.07, 6.45) is -4.43. The van der Waals surface area contributed by atoms with Crippen molar-refractivity contribution in [1.29, 1.82) is 0 Å². The predicted molar refractivity (Wildman–Crippen MR) is 101 cm³/mol. The fourth-order valence-corrected chi connectivity index (χ4v) is 2.38. The number of benzene rings is 2. The van der Waals surface area contributed by atoms with Gasteiger partial charge in [0.25, 0.3) is 0 Å². The fraction of sp³-hybridized carbons (Fsp3) is 0.250. The molecular weight excluding hydrogens is 389 g/mol. The molecule has 0 aliphatic carbocycles. The quantitative estimate of drug-likeness (QED) is 0.393. The van der Waals surface area contributed by atoms with Crippen molar-refractivity contribution >= 4 is 17.4 Å². The molecule has 0 unspecified atom stereocenters. The molecule has 0 saturated heterocycles. The summed E-state index contributed by atoms with van der Waals surface area (Å²) in [5.41, 5.74) is 0.173. The summed E-state index contributed by atoms with van der Waals surface area (Å²) in [6.45, 7) is 1.40. The third kappa shape index (κ3) is 5.81. The molecule has 2 aromatic carbocycles. The van der Waals surface area contributed by atoms with Crippen LogP contribution in [0.3, 0.4) is 0 Å². The number of halogens is 3. The molecule has 6 nitrogen and oxygen atoms in total. The molecule has 0 aliphatic heterocycles. The number of esters is 1. The molecule has 0 saturated carbocycles. The monoisotopic (exact) mass is 408 g/mol. The molecule has 0 atom stereocenters. The number of oxime groups is 1. The van der Waals surface area contributed by atoms with Crippen LogP contribution in [-0.4, -0.2) is 38.3 Å². The van der Waals surface area contributed by atoms with E-state index in [9.17, 15) is 18.0 Å². The number of alkyl halides is 3. The van der Waals surface area contributed by atoms with Crippen LogP contribution in [0, 0.1) is 0 Å². The smallest absolute Gasteiger partial charge is 0.416 e. The van der Waals surface area contributed by atoms with Crippen LogP contribution in [0.1, 0.15) is 23.6 Å². The van der Waals surface area contributed by atoms with Gasteiger partial charge < -0.3 is 14.3 Å². The van der Waals surface area contributed by atoms with Gasteiger partial charge >= 0.3 is 12.1 Å². The van der Waals surface area contributed by atoms with Crippen molar-refractivity contribution < 1.29 is 32.3 Å². The van der Waals surface area contributed by atoms with Crippen molar-refractivity contribution in [2.45, 2.75) is 13.1 Å². The van der Waals surface area contributed by atoms with Crippen LogP contribution in [-0.2, 0) is 20.5 Å². The summed E-state index contributed by atoms with van der Waals surface area (Å²) in [6, 6.07) is 11.4. The van der Waals surface area contributed by atoms with Crippen LogP contribution in [0.5, 0.6) is 5.75 Å². The summed E-state index contributed by atoms with van der Waals surface area (Å²) in [5.74, 6) is -0.430. The minimum absolute atomic E-state index is 0.0934. The molecule has 0 fully saturated rings. The Bertz CT molecular complexity index is 924. The number of ether oxygens (including phenoxy) is 2. The first-order valence-electron chi connectivity index (χ1n) is 8.38. The van der Waals surface area contributed by atoms with Gasteiger partial charge in [-0.1, -0.05) is 29.4 Å². The number of carbonyl (C=O) groups excluding carboxylic acids is 1. The Hall–Kier alpha value is -3.36. The van der Waals surface area contributed by atoms with Crippen molar-refractivity contribution in [3.8, 4) is 5.75 Å². The van der Waals surface area contributed by atoms with Crippen LogP contribution in [0.2, 0.25) is 0 Å². The van der Waals surface area contributed by atoms with Crippen molar-refractivity contribution in [1.82, 2.24) is 0 Å². The molecule has 29 heavy (non-hydrogen) atoms. The Morgan fingerprint density at radius 2 is 1.79 bits per heavy atom. The van der Waals surface area contributed by atoms with E-state index in [4.69, 9.17) is 4.74 Å². The van der Waals surface area contributed by atoms with Crippen LogP contribution in [0.15, 0.2) is 58.7 Å². The third-order valence-electron chi connectivity index (χ3n) is 3.83. The highest BCUT2D eigenvalue weighted by Crippen LogP contribution is 2.29. The molecule has 0 N–H and O–H groups in total. The van der Waals surface area contributed by atoms with Crippen molar-refractivity contribution in [3.05, 3.63) is 65.2 Å². The predicted octanol–water partition coefficient (Wildman–Crippen LogP) is 4.07. The molecule has 9 heteroatoms. The number of methoxy groups -OCH3 is 1. The van der Waals surface area contributed by atoms with E-state index >= 15 is 0 Å². The molecular formula is C20H19F3N2O4. The molecule has 0 heterocycles. The van der Waals surface area contributed by atoms with E-state index in [0.717, 1.165) is 12.1 Å². The Kier molecular flexibility index (Phi) is 7.35. The number of aliphatic imine (C=N–C) groups is 1. The zero-order chi connectivity index (χ0) is 21.4. The lowest BCUT2D eigenvalue weighted by molar-refractivity contribution is -0.137. The second-order valence-corrected chi connectivity index (χ2v) is 5.71. The number of hydrogen-bond acceptors (Lipinski definition) is 6. The number of para-hydroxylation sites is 1. The van der Waals surface area contributed by atoms with E-state index in [-0.39, 0.29) is 18.2 Å². The standard InChI is InChI=1S/C20H19F3N2O4/c1-13(14-7-6-8-15(11-14)20(21,22)23)24-12-29-17-10-5-4-9-16(17)18(25-28-3)19(26)27-2/h4-11H,12H2,1-3H3. The normalized spacial score (nSPS) is 12.5. The first-order chi connectivity index (χ1) is 13.8. The molecule has 0 aliphatic rings. The summed E-state index contributed by atoms with van der Waals surface area (Å²) in [7, 11) is 2.49. The van der Waals surface area contributed by atoms with Gasteiger partial charge in [-0.3, -0.25) is 4.99 Å². The maximum atomic E-state index is 12.9. The molecule has 2 aromatic rings. The molecule has 0 radical (unpaired) electrons. The summed E-state index contributed by atoms with van der Waals surface area (Å²) in [5, 5.41) is 3.67. The van der Waals surface area contributed by atoms with Gasteiger partial charge in [-0.2, -0.15) is 13.2 Å². The molecule has 2 rings (SSSR count). The Morgan fingerprint density at radius 1 is 1.07 bits per heavy atom. The molecule has 0 aromatic heterocycles. The first-order valence-corrected chi connectivity index (χ1v) is 8.38. The first kappa shape index (κ1) is 21.9. The highest BCUT2D eigenvalue weighted by Gasteiger charge is 2.30. The molecule has 0 amide bonds. The Morgan fingerprint density at radius 3 is 2.45 bits per heavy atom. The molecule has 0 bridgehead atoms. The van der Waals surface area contributed by atoms with Gasteiger partial charge in [0.05, 0.1) is 18.2 Å². The van der Waals surface area contributed by atoms with Gasteiger partial charge in [-0.25, -0.2) is 4.79 Å². The van der Waals surface area contributed by atoms with E-state index < -0.39 is 17.7 Å². The lowest BCUT2D eigenvalue weighted by Crippen LogP contribution is -2.18. The lowest BCUT2D eigenvalue weighted by Gasteiger charge is -2.11. The second kappa shape index (κ2) is 9.72. The largest absolute Gasteiger partial charge is 0.471 e. The zero-order valence-corrected chi connectivity index (χ0v) is 16.0. The van der Waals surface area contributed by atoms with Crippen molar-refractivity contribution in [2.24, 2.45) is 10.1 Å². The highest BCUT2D eigenvalue weighted by molar-refractivity contribution is 6.43. The summed E-state index contributed by atoms with van der Waals surface area (Å²) < 4.78 is 48.9. The average Bonchev–Trinajstić information content (AvgIpc) is 2.71. The summed E-state index contributed by atoms with van der Waals surface area (Å²) >= 11 is 0. The number of carbonyl (C=O) groups is 1. The highest BCUT2D eigenvalue weighted by atomic mass is 19.4. The van der Waals surface area contributed by atoms with Crippen LogP contribution < -0.4 is 4.74 Å². The van der Waals surface area contributed by atoms with Gasteiger partial charge in [0.2, 0.25) is 0 Å². The zero-order valence-electron chi connectivity index (χ0n) is 16.0. The topological polar surface area (TPSA) is 69.5 Å². The third-order valence-corrected chi connectivity index (χ3v) is 3.83. The Balaban J connectivity index is 2.21. The number of rotatable bonds is 7. The van der Waals surface area contributed by atoms with Gasteiger partial charge in [-0.15, -0.1) is 0 Å².